The normalized spacial score (nSPS) is 14.4. The van der Waals surface area contributed by atoms with Crippen molar-refractivity contribution >= 4 is 23.4 Å². The van der Waals surface area contributed by atoms with Gasteiger partial charge in [-0.25, -0.2) is 4.79 Å². The number of aromatic nitrogens is 2. The lowest BCUT2D eigenvalue weighted by molar-refractivity contribution is 0.100. The Balaban J connectivity index is 1.72. The minimum atomic E-state index is -0.361. The number of para-hydroxylation sites is 1. The summed E-state index contributed by atoms with van der Waals surface area (Å²) in [6.07, 6.45) is 2.10. The number of amides is 1. The van der Waals surface area contributed by atoms with Crippen molar-refractivity contribution < 1.29 is 9.53 Å². The van der Waals surface area contributed by atoms with Crippen LogP contribution < -0.4 is 10.5 Å². The molecule has 0 N–H and O–H groups in total. The number of carbonyl (C=O) groups is 1. The highest BCUT2D eigenvalue weighted by molar-refractivity contribution is 6.33. The van der Waals surface area contributed by atoms with Gasteiger partial charge < -0.3 is 14.5 Å². The van der Waals surface area contributed by atoms with Gasteiger partial charge in [0.25, 0.3) is 5.56 Å². The molecule has 0 spiro atoms. The smallest absolute Gasteiger partial charge is 0.409 e. The molecule has 0 saturated carbocycles. The van der Waals surface area contributed by atoms with Gasteiger partial charge in [-0.2, -0.15) is 9.78 Å². The molecule has 2 heterocycles. The average molecular weight is 377 g/mol. The molecule has 7 nitrogen and oxygen atoms in total. The van der Waals surface area contributed by atoms with Crippen molar-refractivity contribution in [3.63, 3.8) is 0 Å². The third-order valence-electron chi connectivity index (χ3n) is 4.21. The second kappa shape index (κ2) is 8.23. The molecule has 0 unspecified atom stereocenters. The number of anilines is 1. The van der Waals surface area contributed by atoms with E-state index >= 15 is 0 Å². The van der Waals surface area contributed by atoms with Crippen molar-refractivity contribution in [2.75, 3.05) is 37.7 Å². The van der Waals surface area contributed by atoms with Crippen LogP contribution in [-0.2, 0) is 4.74 Å². The van der Waals surface area contributed by atoms with E-state index in [0.29, 0.717) is 44.2 Å². The maximum absolute atomic E-state index is 12.6. The molecule has 1 aliphatic heterocycles. The van der Waals surface area contributed by atoms with Gasteiger partial charge in [-0.3, -0.25) is 4.79 Å². The second-order valence-corrected chi connectivity index (χ2v) is 6.36. The number of rotatable bonds is 4. The number of hydrogen-bond donors (Lipinski definition) is 0. The van der Waals surface area contributed by atoms with E-state index in [9.17, 15) is 9.59 Å². The summed E-state index contributed by atoms with van der Waals surface area (Å²) in [5, 5.41) is 4.38. The molecule has 0 atom stereocenters. The molecule has 1 amide bonds. The van der Waals surface area contributed by atoms with Crippen LogP contribution in [0.15, 0.2) is 41.3 Å². The molecule has 0 aliphatic carbocycles. The molecule has 1 aliphatic rings. The Morgan fingerprint density at radius 3 is 2.54 bits per heavy atom. The molecule has 138 valence electrons. The van der Waals surface area contributed by atoms with E-state index in [0.717, 1.165) is 6.42 Å². The molecular formula is C18H21ClN4O3. The number of benzene rings is 1. The lowest BCUT2D eigenvalue weighted by atomic mass is 10.3. The minimum absolute atomic E-state index is 0.130. The molecule has 8 heteroatoms. The lowest BCUT2D eigenvalue weighted by Gasteiger charge is -2.35. The number of nitrogens with zero attached hydrogens (tertiary/aromatic N) is 4. The fourth-order valence-corrected chi connectivity index (χ4v) is 3.06. The quantitative estimate of drug-likeness (QED) is 0.820. The Bertz CT molecular complexity index is 817. The summed E-state index contributed by atoms with van der Waals surface area (Å²) in [7, 11) is 0. The first-order chi connectivity index (χ1) is 12.6. The molecule has 26 heavy (non-hydrogen) atoms. The molecular weight excluding hydrogens is 356 g/mol. The zero-order valence-electron chi connectivity index (χ0n) is 14.6. The lowest BCUT2D eigenvalue weighted by Crippen LogP contribution is -2.49. The van der Waals surface area contributed by atoms with Gasteiger partial charge in [0, 0.05) is 26.2 Å². The summed E-state index contributed by atoms with van der Waals surface area (Å²) in [5.41, 5.74) is 0.889. The number of ether oxygens (including phenoxy) is 1. The monoisotopic (exact) mass is 376 g/mol. The summed E-state index contributed by atoms with van der Waals surface area (Å²) < 4.78 is 6.44. The van der Waals surface area contributed by atoms with Gasteiger partial charge in [-0.1, -0.05) is 36.7 Å². The second-order valence-electron chi connectivity index (χ2n) is 5.98. The van der Waals surface area contributed by atoms with Gasteiger partial charge in [-0.05, 0) is 18.6 Å². The van der Waals surface area contributed by atoms with Crippen LogP contribution in [0.4, 0.5) is 10.5 Å². The van der Waals surface area contributed by atoms with E-state index < -0.39 is 0 Å². The minimum Gasteiger partial charge on any atom is -0.449 e. The third kappa shape index (κ3) is 3.83. The van der Waals surface area contributed by atoms with E-state index in [4.69, 9.17) is 16.3 Å². The van der Waals surface area contributed by atoms with E-state index in [1.54, 1.807) is 23.2 Å². The van der Waals surface area contributed by atoms with Crippen LogP contribution in [0, 0.1) is 0 Å². The van der Waals surface area contributed by atoms with Crippen molar-refractivity contribution in [2.24, 2.45) is 0 Å². The van der Waals surface area contributed by atoms with E-state index in [1.165, 1.54) is 4.68 Å². The third-order valence-corrected chi connectivity index (χ3v) is 4.56. The van der Waals surface area contributed by atoms with Crippen molar-refractivity contribution in [3.8, 4) is 5.69 Å². The Morgan fingerprint density at radius 2 is 1.88 bits per heavy atom. The van der Waals surface area contributed by atoms with E-state index in [2.05, 4.69) is 5.10 Å². The van der Waals surface area contributed by atoms with Gasteiger partial charge in [0.15, 0.2) is 0 Å². The summed E-state index contributed by atoms with van der Waals surface area (Å²) >= 11 is 6.33. The Morgan fingerprint density at radius 1 is 1.19 bits per heavy atom. The van der Waals surface area contributed by atoms with E-state index in [-0.39, 0.29) is 16.7 Å². The van der Waals surface area contributed by atoms with Gasteiger partial charge in [0.1, 0.15) is 5.02 Å². The Kier molecular flexibility index (Phi) is 5.78. The maximum atomic E-state index is 12.6. The highest BCUT2D eigenvalue weighted by Crippen LogP contribution is 2.23. The van der Waals surface area contributed by atoms with E-state index in [1.807, 2.05) is 30.0 Å². The van der Waals surface area contributed by atoms with Gasteiger partial charge in [0.2, 0.25) is 0 Å². The topological polar surface area (TPSA) is 67.7 Å². The van der Waals surface area contributed by atoms with Crippen LogP contribution in [-0.4, -0.2) is 53.6 Å². The first kappa shape index (κ1) is 18.3. The SMILES string of the molecule is CCCOC(=O)N1CCN(c2cnn(-c3ccccc3)c(=O)c2Cl)CC1. The number of hydrogen-bond acceptors (Lipinski definition) is 5. The molecule has 1 fully saturated rings. The van der Waals surface area contributed by atoms with Crippen molar-refractivity contribution in [1.82, 2.24) is 14.7 Å². The fourth-order valence-electron chi connectivity index (χ4n) is 2.81. The first-order valence-electron chi connectivity index (χ1n) is 8.61. The Labute approximate surface area is 156 Å². The first-order valence-corrected chi connectivity index (χ1v) is 8.99. The van der Waals surface area contributed by atoms with Crippen LogP contribution >= 0.6 is 11.6 Å². The largest absolute Gasteiger partial charge is 0.449 e. The zero-order valence-corrected chi connectivity index (χ0v) is 15.4. The highest BCUT2D eigenvalue weighted by Gasteiger charge is 2.24. The van der Waals surface area contributed by atoms with Crippen LogP contribution in [0.1, 0.15) is 13.3 Å². The number of halogens is 1. The van der Waals surface area contributed by atoms with Gasteiger partial charge in [-0.15, -0.1) is 0 Å². The van der Waals surface area contributed by atoms with Crippen molar-refractivity contribution in [3.05, 3.63) is 51.9 Å². The number of carbonyl (C=O) groups excluding carboxylic acids is 1. The average Bonchev–Trinajstić information content (AvgIpc) is 2.69. The van der Waals surface area contributed by atoms with Crippen LogP contribution in [0.3, 0.4) is 0 Å². The zero-order chi connectivity index (χ0) is 18.5. The van der Waals surface area contributed by atoms with Crippen LogP contribution in [0.5, 0.6) is 0 Å². The summed E-state index contributed by atoms with van der Waals surface area (Å²) in [6.45, 7) is 4.54. The summed E-state index contributed by atoms with van der Waals surface area (Å²) in [5.74, 6) is 0. The van der Waals surface area contributed by atoms with Crippen molar-refractivity contribution in [2.45, 2.75) is 13.3 Å². The molecule has 0 radical (unpaired) electrons. The molecule has 2 aromatic rings. The summed E-state index contributed by atoms with van der Waals surface area (Å²) in [6, 6.07) is 9.13. The molecule has 1 saturated heterocycles. The predicted molar refractivity (Wildman–Crippen MR) is 100 cm³/mol. The molecule has 1 aromatic carbocycles. The Hall–Kier alpha value is -2.54. The fraction of sp³-hybridized carbons (Fsp3) is 0.389. The molecule has 0 bridgehead atoms. The number of piperazine rings is 1. The molecule has 1 aromatic heterocycles. The van der Waals surface area contributed by atoms with Crippen LogP contribution in [0.25, 0.3) is 5.69 Å². The van der Waals surface area contributed by atoms with Gasteiger partial charge >= 0.3 is 6.09 Å². The van der Waals surface area contributed by atoms with Gasteiger partial charge in [0.05, 0.1) is 24.2 Å². The standard InChI is InChI=1S/C18H21ClN4O3/c1-2-12-26-18(25)22-10-8-21(9-11-22)15-13-20-23(17(24)16(15)19)14-6-4-3-5-7-14/h3-7,13H,2,8-12H2,1H3. The predicted octanol–water partition coefficient (Wildman–Crippen LogP) is 2.55. The summed E-state index contributed by atoms with van der Waals surface area (Å²) in [4.78, 5) is 28.1. The highest BCUT2D eigenvalue weighted by atomic mass is 35.5. The maximum Gasteiger partial charge on any atom is 0.409 e. The molecule has 3 rings (SSSR count). The van der Waals surface area contributed by atoms with Crippen molar-refractivity contribution in [1.29, 1.82) is 0 Å². The van der Waals surface area contributed by atoms with Crippen LogP contribution in [0.2, 0.25) is 5.02 Å².